The van der Waals surface area contributed by atoms with Crippen LogP contribution in [0.2, 0.25) is 0 Å². The highest BCUT2D eigenvalue weighted by atomic mass is 32.1. The molecule has 2 heterocycles. The van der Waals surface area contributed by atoms with Crippen molar-refractivity contribution in [2.45, 2.75) is 39.0 Å². The van der Waals surface area contributed by atoms with Crippen LogP contribution in [0.25, 0.3) is 0 Å². The molecule has 4 heteroatoms. The number of hydrogen-bond acceptors (Lipinski definition) is 3. The van der Waals surface area contributed by atoms with E-state index in [1.54, 1.807) is 17.5 Å². The van der Waals surface area contributed by atoms with Crippen molar-refractivity contribution in [3.63, 3.8) is 0 Å². The fourth-order valence-electron chi connectivity index (χ4n) is 2.56. The van der Waals surface area contributed by atoms with Crippen molar-refractivity contribution in [3.8, 4) is 0 Å². The van der Waals surface area contributed by atoms with Crippen LogP contribution in [0.3, 0.4) is 0 Å². The number of nitrogens with one attached hydrogen (secondary N) is 1. The van der Waals surface area contributed by atoms with Crippen molar-refractivity contribution in [1.82, 2.24) is 4.98 Å². The number of aryl methyl sites for hydroxylation is 3. The lowest BCUT2D eigenvalue weighted by molar-refractivity contribution is 0.103. The van der Waals surface area contributed by atoms with Gasteiger partial charge in [0.2, 0.25) is 0 Å². The molecule has 2 aromatic rings. The van der Waals surface area contributed by atoms with Gasteiger partial charge in [-0.3, -0.25) is 4.79 Å². The van der Waals surface area contributed by atoms with E-state index >= 15 is 0 Å². The lowest BCUT2D eigenvalue weighted by Crippen LogP contribution is -2.11. The molecule has 3 rings (SSSR count). The second-order valence-corrected chi connectivity index (χ2v) is 6.43. The molecular weight excluding hydrogens is 268 g/mol. The molecular formula is C16H18N2OS. The van der Waals surface area contributed by atoms with E-state index in [-0.39, 0.29) is 5.91 Å². The first-order valence-corrected chi connectivity index (χ1v) is 7.89. The number of pyridine rings is 1. The summed E-state index contributed by atoms with van der Waals surface area (Å²) >= 11 is 1.64. The normalized spacial score (nSPS) is 14.4. The first-order chi connectivity index (χ1) is 9.72. The molecule has 0 saturated heterocycles. The summed E-state index contributed by atoms with van der Waals surface area (Å²) in [7, 11) is 0. The molecule has 20 heavy (non-hydrogen) atoms. The van der Waals surface area contributed by atoms with E-state index < -0.39 is 0 Å². The van der Waals surface area contributed by atoms with Crippen molar-refractivity contribution in [3.05, 3.63) is 45.3 Å². The summed E-state index contributed by atoms with van der Waals surface area (Å²) in [5.41, 5.74) is 2.46. The monoisotopic (exact) mass is 286 g/mol. The molecule has 1 aliphatic rings. The van der Waals surface area contributed by atoms with Gasteiger partial charge in [-0.2, -0.15) is 0 Å². The largest absolute Gasteiger partial charge is 0.306 e. The van der Waals surface area contributed by atoms with Crippen LogP contribution in [0.1, 0.15) is 44.9 Å². The highest BCUT2D eigenvalue weighted by Gasteiger charge is 2.16. The minimum absolute atomic E-state index is 0.0406. The first-order valence-electron chi connectivity index (χ1n) is 7.08. The fraction of sp³-hybridized carbons (Fsp3) is 0.375. The molecule has 0 fully saturated rings. The van der Waals surface area contributed by atoms with Crippen molar-refractivity contribution < 1.29 is 4.79 Å². The van der Waals surface area contributed by atoms with Crippen LogP contribution >= 0.6 is 11.3 Å². The van der Waals surface area contributed by atoms with Crippen molar-refractivity contribution in [2.24, 2.45) is 0 Å². The summed E-state index contributed by atoms with van der Waals surface area (Å²) in [5.74, 6) is 0.583. The second kappa shape index (κ2) is 5.75. The zero-order valence-corrected chi connectivity index (χ0v) is 12.4. The molecule has 0 radical (unpaired) electrons. The van der Waals surface area contributed by atoms with Crippen LogP contribution in [0.4, 0.5) is 5.82 Å². The summed E-state index contributed by atoms with van der Waals surface area (Å²) in [6, 6.07) is 5.87. The summed E-state index contributed by atoms with van der Waals surface area (Å²) in [4.78, 5) is 18.7. The first kappa shape index (κ1) is 13.3. The molecule has 2 aromatic heterocycles. The average molecular weight is 286 g/mol. The predicted octanol–water partition coefficient (Wildman–Crippen LogP) is 3.97. The van der Waals surface area contributed by atoms with Gasteiger partial charge in [0.05, 0.1) is 4.88 Å². The van der Waals surface area contributed by atoms with Gasteiger partial charge in [0.15, 0.2) is 0 Å². The van der Waals surface area contributed by atoms with Gasteiger partial charge in [0.1, 0.15) is 5.82 Å². The topological polar surface area (TPSA) is 42.0 Å². The Bertz CT molecular complexity index is 610. The van der Waals surface area contributed by atoms with Crippen LogP contribution in [-0.2, 0) is 12.8 Å². The van der Waals surface area contributed by atoms with Crippen LogP contribution < -0.4 is 5.32 Å². The summed E-state index contributed by atoms with van der Waals surface area (Å²) in [6.07, 6.45) is 7.74. The fourth-order valence-corrected chi connectivity index (χ4v) is 3.71. The summed E-state index contributed by atoms with van der Waals surface area (Å²) in [6.45, 7) is 1.99. The highest BCUT2D eigenvalue weighted by molar-refractivity contribution is 7.14. The van der Waals surface area contributed by atoms with Gasteiger partial charge in [-0.05, 0) is 61.9 Å². The van der Waals surface area contributed by atoms with Crippen molar-refractivity contribution in [2.75, 3.05) is 5.32 Å². The zero-order valence-electron chi connectivity index (χ0n) is 11.6. The van der Waals surface area contributed by atoms with E-state index in [4.69, 9.17) is 0 Å². The van der Waals surface area contributed by atoms with Crippen LogP contribution in [0.15, 0.2) is 24.4 Å². The molecule has 104 valence electrons. The Morgan fingerprint density at radius 2 is 2.10 bits per heavy atom. The Morgan fingerprint density at radius 1 is 1.25 bits per heavy atom. The average Bonchev–Trinajstić information content (AvgIpc) is 2.70. The molecule has 0 aliphatic heterocycles. The number of carbonyl (C=O) groups excluding carboxylic acids is 1. The zero-order chi connectivity index (χ0) is 13.9. The number of amides is 1. The molecule has 1 aliphatic carbocycles. The maximum absolute atomic E-state index is 12.3. The number of anilines is 1. The van der Waals surface area contributed by atoms with E-state index in [9.17, 15) is 4.79 Å². The van der Waals surface area contributed by atoms with E-state index in [2.05, 4.69) is 16.4 Å². The third-order valence-electron chi connectivity index (χ3n) is 3.63. The van der Waals surface area contributed by atoms with E-state index in [0.717, 1.165) is 23.3 Å². The van der Waals surface area contributed by atoms with E-state index in [0.29, 0.717) is 5.82 Å². The minimum atomic E-state index is -0.0406. The number of thiophene rings is 1. The molecule has 0 atom stereocenters. The molecule has 0 aromatic carbocycles. The number of rotatable bonds is 2. The smallest absolute Gasteiger partial charge is 0.266 e. The lowest BCUT2D eigenvalue weighted by atomic mass is 10.1. The number of nitrogens with zero attached hydrogens (tertiary/aromatic N) is 1. The van der Waals surface area contributed by atoms with Gasteiger partial charge in [-0.25, -0.2) is 4.98 Å². The Labute approximate surface area is 123 Å². The number of fused-ring (bicyclic) bond motifs is 1. The van der Waals surface area contributed by atoms with Crippen molar-refractivity contribution in [1.29, 1.82) is 0 Å². The molecule has 0 saturated carbocycles. The Balaban J connectivity index is 1.77. The van der Waals surface area contributed by atoms with Crippen LogP contribution in [0.5, 0.6) is 0 Å². The van der Waals surface area contributed by atoms with Gasteiger partial charge in [0.25, 0.3) is 5.91 Å². The summed E-state index contributed by atoms with van der Waals surface area (Å²) in [5, 5.41) is 2.88. The maximum Gasteiger partial charge on any atom is 0.266 e. The molecule has 0 bridgehead atoms. The van der Waals surface area contributed by atoms with Gasteiger partial charge < -0.3 is 5.32 Å². The number of hydrogen-bond donors (Lipinski definition) is 1. The van der Waals surface area contributed by atoms with Gasteiger partial charge in [0, 0.05) is 11.1 Å². The van der Waals surface area contributed by atoms with E-state index in [1.165, 1.54) is 29.7 Å². The number of aromatic nitrogens is 1. The Kier molecular flexibility index (Phi) is 3.83. The lowest BCUT2D eigenvalue weighted by Gasteiger charge is -2.03. The van der Waals surface area contributed by atoms with Crippen LogP contribution in [-0.4, -0.2) is 10.9 Å². The molecule has 0 spiro atoms. The molecule has 1 amide bonds. The minimum Gasteiger partial charge on any atom is -0.306 e. The van der Waals surface area contributed by atoms with E-state index in [1.807, 2.05) is 19.1 Å². The molecule has 1 N–H and O–H groups in total. The third-order valence-corrected chi connectivity index (χ3v) is 4.86. The number of carbonyl (C=O) groups is 1. The summed E-state index contributed by atoms with van der Waals surface area (Å²) < 4.78 is 0. The standard InChI is InChI=1S/C16H18N2OS/c1-11-7-8-17-15(9-11)18-16(19)14-10-12-5-3-2-4-6-13(12)20-14/h7-10H,2-6H2,1H3,(H,17,18,19). The maximum atomic E-state index is 12.3. The highest BCUT2D eigenvalue weighted by Crippen LogP contribution is 2.29. The Morgan fingerprint density at radius 3 is 2.95 bits per heavy atom. The second-order valence-electron chi connectivity index (χ2n) is 5.29. The van der Waals surface area contributed by atoms with Crippen molar-refractivity contribution >= 4 is 23.1 Å². The third kappa shape index (κ3) is 2.90. The van der Waals surface area contributed by atoms with Crippen LogP contribution in [0, 0.1) is 6.92 Å². The Hall–Kier alpha value is -1.68. The quantitative estimate of drug-likeness (QED) is 0.849. The predicted molar refractivity (Wildman–Crippen MR) is 82.5 cm³/mol. The molecule has 0 unspecified atom stereocenters. The molecule has 3 nitrogen and oxygen atoms in total. The van der Waals surface area contributed by atoms with Gasteiger partial charge >= 0.3 is 0 Å². The van der Waals surface area contributed by atoms with Gasteiger partial charge in [-0.1, -0.05) is 6.42 Å². The van der Waals surface area contributed by atoms with Gasteiger partial charge in [-0.15, -0.1) is 11.3 Å². The SMILES string of the molecule is Cc1ccnc(NC(=O)c2cc3c(s2)CCCCC3)c1.